The summed E-state index contributed by atoms with van der Waals surface area (Å²) in [5.41, 5.74) is 3.23. The number of amides is 2. The monoisotopic (exact) mass is 443 g/mol. The van der Waals surface area contributed by atoms with Crippen molar-refractivity contribution in [2.24, 2.45) is 0 Å². The molecule has 0 unspecified atom stereocenters. The Morgan fingerprint density at radius 3 is 2.58 bits per heavy atom. The van der Waals surface area contributed by atoms with Crippen LogP contribution in [0.15, 0.2) is 73.1 Å². The van der Waals surface area contributed by atoms with E-state index < -0.39 is 17.9 Å². The molecule has 0 aliphatic carbocycles. The zero-order valence-electron chi connectivity index (χ0n) is 18.4. The van der Waals surface area contributed by atoms with Crippen LogP contribution < -0.4 is 5.32 Å². The molecule has 1 aromatic heterocycles. The van der Waals surface area contributed by atoms with E-state index in [1.807, 2.05) is 48.5 Å². The number of hydrogen-bond acceptors (Lipinski definition) is 5. The highest BCUT2D eigenvalue weighted by Crippen LogP contribution is 2.27. The zero-order chi connectivity index (χ0) is 23.2. The molecule has 1 aliphatic rings. The van der Waals surface area contributed by atoms with E-state index in [-0.39, 0.29) is 18.1 Å². The molecule has 4 rings (SSSR count). The molecule has 1 N–H and O–H groups in total. The van der Waals surface area contributed by atoms with Crippen LogP contribution in [-0.4, -0.2) is 40.3 Å². The first-order valence-corrected chi connectivity index (χ1v) is 10.9. The molecule has 1 atom stereocenters. The predicted molar refractivity (Wildman–Crippen MR) is 122 cm³/mol. The molecule has 7 heteroatoms. The van der Waals surface area contributed by atoms with Crippen molar-refractivity contribution in [3.8, 4) is 0 Å². The van der Waals surface area contributed by atoms with Crippen LogP contribution in [0.3, 0.4) is 0 Å². The maximum atomic E-state index is 13.2. The van der Waals surface area contributed by atoms with Crippen LogP contribution in [0, 0.1) is 0 Å². The molecule has 2 heterocycles. The lowest BCUT2D eigenvalue weighted by Crippen LogP contribution is -2.43. The highest BCUT2D eigenvalue weighted by molar-refractivity contribution is 6.10. The molecule has 2 aromatic carbocycles. The van der Waals surface area contributed by atoms with Gasteiger partial charge in [0, 0.05) is 31.9 Å². The first kappa shape index (κ1) is 22.2. The summed E-state index contributed by atoms with van der Waals surface area (Å²) in [5.74, 6) is -1.19. The third kappa shape index (κ3) is 5.09. The van der Waals surface area contributed by atoms with E-state index in [2.05, 4.69) is 10.3 Å². The van der Waals surface area contributed by atoms with Crippen LogP contribution in [0.5, 0.6) is 0 Å². The van der Waals surface area contributed by atoms with Crippen LogP contribution in [0.2, 0.25) is 0 Å². The molecule has 0 radical (unpaired) electrons. The minimum Gasteiger partial charge on any atom is -0.464 e. The van der Waals surface area contributed by atoms with Crippen molar-refractivity contribution in [2.75, 3.05) is 6.61 Å². The standard InChI is InChI=1S/C26H25N3O4/c1-2-33-26(32)22(14-18-8-4-3-5-9-18)28-24(30)21-12-6-11-20-17-29(25(31)23(20)21)16-19-10-7-13-27-15-19/h3-13,15,22H,2,14,16-17H2,1H3,(H,28,30)/t22-/m1/s1. The predicted octanol–water partition coefficient (Wildman–Crippen LogP) is 3.14. The van der Waals surface area contributed by atoms with Gasteiger partial charge in [0.1, 0.15) is 6.04 Å². The van der Waals surface area contributed by atoms with Gasteiger partial charge < -0.3 is 15.0 Å². The van der Waals surface area contributed by atoms with E-state index in [1.54, 1.807) is 36.4 Å². The van der Waals surface area contributed by atoms with E-state index in [4.69, 9.17) is 4.74 Å². The molecule has 33 heavy (non-hydrogen) atoms. The van der Waals surface area contributed by atoms with Gasteiger partial charge in [0.2, 0.25) is 0 Å². The molecule has 0 saturated carbocycles. The first-order valence-electron chi connectivity index (χ1n) is 10.9. The van der Waals surface area contributed by atoms with Crippen molar-refractivity contribution in [2.45, 2.75) is 32.5 Å². The number of ether oxygens (including phenoxy) is 1. The van der Waals surface area contributed by atoms with Crippen molar-refractivity contribution < 1.29 is 19.1 Å². The molecule has 0 spiro atoms. The second kappa shape index (κ2) is 10.1. The number of fused-ring (bicyclic) bond motifs is 1. The molecular formula is C26H25N3O4. The van der Waals surface area contributed by atoms with Crippen LogP contribution in [-0.2, 0) is 29.0 Å². The molecule has 7 nitrogen and oxygen atoms in total. The molecule has 168 valence electrons. The van der Waals surface area contributed by atoms with E-state index >= 15 is 0 Å². The van der Waals surface area contributed by atoms with E-state index in [9.17, 15) is 14.4 Å². The Morgan fingerprint density at radius 1 is 1.06 bits per heavy atom. The fraction of sp³-hybridized carbons (Fsp3) is 0.231. The molecule has 1 aliphatic heterocycles. The number of nitrogens with one attached hydrogen (secondary N) is 1. The number of aromatic nitrogens is 1. The van der Waals surface area contributed by atoms with Crippen LogP contribution in [0.4, 0.5) is 0 Å². The second-order valence-corrected chi connectivity index (χ2v) is 7.83. The lowest BCUT2D eigenvalue weighted by atomic mass is 10.0. The van der Waals surface area contributed by atoms with Gasteiger partial charge in [0.15, 0.2) is 0 Å². The molecule has 2 amide bonds. The Balaban J connectivity index is 1.54. The summed E-state index contributed by atoms with van der Waals surface area (Å²) in [6.45, 7) is 2.75. The van der Waals surface area contributed by atoms with E-state index in [0.717, 1.165) is 16.7 Å². The highest BCUT2D eigenvalue weighted by atomic mass is 16.5. The summed E-state index contributed by atoms with van der Waals surface area (Å²) >= 11 is 0. The fourth-order valence-corrected chi connectivity index (χ4v) is 3.97. The number of nitrogens with zero attached hydrogens (tertiary/aromatic N) is 2. The number of pyridine rings is 1. The average molecular weight is 444 g/mol. The number of hydrogen-bond donors (Lipinski definition) is 1. The van der Waals surface area contributed by atoms with Crippen molar-refractivity contribution in [3.63, 3.8) is 0 Å². The Hall–Kier alpha value is -4.00. The van der Waals surface area contributed by atoms with Crippen LogP contribution >= 0.6 is 0 Å². The summed E-state index contributed by atoms with van der Waals surface area (Å²) in [5, 5.41) is 2.79. The SMILES string of the molecule is CCOC(=O)[C@@H](Cc1ccccc1)NC(=O)c1cccc2c1C(=O)N(Cc1cccnc1)C2. The van der Waals surface area contributed by atoms with Gasteiger partial charge in [-0.1, -0.05) is 48.5 Å². The highest BCUT2D eigenvalue weighted by Gasteiger charge is 2.33. The number of benzene rings is 2. The maximum Gasteiger partial charge on any atom is 0.328 e. The zero-order valence-corrected chi connectivity index (χ0v) is 18.4. The molecule has 0 saturated heterocycles. The third-order valence-corrected chi connectivity index (χ3v) is 5.51. The lowest BCUT2D eigenvalue weighted by molar-refractivity contribution is -0.145. The van der Waals surface area contributed by atoms with Gasteiger partial charge in [-0.25, -0.2) is 4.79 Å². The number of carbonyl (C=O) groups excluding carboxylic acids is 3. The molecular weight excluding hydrogens is 418 g/mol. The summed E-state index contributed by atoms with van der Waals surface area (Å²) < 4.78 is 5.18. The number of carbonyl (C=O) groups is 3. The van der Waals surface area contributed by atoms with Gasteiger partial charge in [0.25, 0.3) is 11.8 Å². The average Bonchev–Trinajstić information content (AvgIpc) is 3.15. The molecule has 3 aromatic rings. The summed E-state index contributed by atoms with van der Waals surface area (Å²) in [4.78, 5) is 44.7. The van der Waals surface area contributed by atoms with Crippen molar-refractivity contribution in [3.05, 3.63) is 101 Å². The van der Waals surface area contributed by atoms with Gasteiger partial charge >= 0.3 is 5.97 Å². The van der Waals surface area contributed by atoms with E-state index in [1.165, 1.54) is 0 Å². The summed E-state index contributed by atoms with van der Waals surface area (Å²) in [6.07, 6.45) is 3.70. The van der Waals surface area contributed by atoms with Crippen LogP contribution in [0.25, 0.3) is 0 Å². The van der Waals surface area contributed by atoms with Gasteiger partial charge in [-0.05, 0) is 35.7 Å². The lowest BCUT2D eigenvalue weighted by Gasteiger charge is -2.18. The van der Waals surface area contributed by atoms with Gasteiger partial charge in [-0.2, -0.15) is 0 Å². The van der Waals surface area contributed by atoms with Crippen molar-refractivity contribution in [1.82, 2.24) is 15.2 Å². The van der Waals surface area contributed by atoms with Gasteiger partial charge in [-0.3, -0.25) is 14.6 Å². The largest absolute Gasteiger partial charge is 0.464 e. The third-order valence-electron chi connectivity index (χ3n) is 5.51. The summed E-state index contributed by atoms with van der Waals surface area (Å²) in [7, 11) is 0. The normalized spacial score (nSPS) is 13.4. The Morgan fingerprint density at radius 2 is 1.85 bits per heavy atom. The number of esters is 1. The smallest absolute Gasteiger partial charge is 0.328 e. The van der Waals surface area contributed by atoms with Crippen molar-refractivity contribution in [1.29, 1.82) is 0 Å². The quantitative estimate of drug-likeness (QED) is 0.541. The fourth-order valence-electron chi connectivity index (χ4n) is 3.97. The topological polar surface area (TPSA) is 88.6 Å². The Kier molecular flexibility index (Phi) is 6.78. The minimum atomic E-state index is -0.862. The van der Waals surface area contributed by atoms with Crippen molar-refractivity contribution >= 4 is 17.8 Å². The molecule has 0 bridgehead atoms. The van der Waals surface area contributed by atoms with E-state index in [0.29, 0.717) is 25.1 Å². The van der Waals surface area contributed by atoms with Crippen LogP contribution in [0.1, 0.15) is 44.3 Å². The Bertz CT molecular complexity index is 1150. The second-order valence-electron chi connectivity index (χ2n) is 7.83. The maximum absolute atomic E-state index is 13.2. The number of rotatable bonds is 8. The van der Waals surface area contributed by atoms with Gasteiger partial charge in [-0.15, -0.1) is 0 Å². The Labute approximate surface area is 192 Å². The minimum absolute atomic E-state index is 0.211. The van der Waals surface area contributed by atoms with Gasteiger partial charge in [0.05, 0.1) is 17.7 Å². The molecule has 0 fully saturated rings. The first-order chi connectivity index (χ1) is 16.1. The summed E-state index contributed by atoms with van der Waals surface area (Å²) in [6, 6.07) is 17.5.